The van der Waals surface area contributed by atoms with Crippen molar-refractivity contribution in [3.63, 3.8) is 0 Å². The van der Waals surface area contributed by atoms with Crippen LogP contribution in [-0.2, 0) is 13.0 Å². The van der Waals surface area contributed by atoms with Crippen molar-refractivity contribution >= 4 is 5.91 Å². The number of nitrogens with zero attached hydrogens (tertiary/aromatic N) is 1. The van der Waals surface area contributed by atoms with Crippen LogP contribution in [0.5, 0.6) is 5.75 Å². The predicted octanol–water partition coefficient (Wildman–Crippen LogP) is 4.43. The van der Waals surface area contributed by atoms with Crippen LogP contribution in [0, 0.1) is 0 Å². The summed E-state index contributed by atoms with van der Waals surface area (Å²) in [5.74, 6) is 0.912. The van der Waals surface area contributed by atoms with E-state index in [0.717, 1.165) is 30.7 Å². The molecule has 0 radical (unpaired) electrons. The molecule has 0 atom stereocenters. The highest BCUT2D eigenvalue weighted by Gasteiger charge is 2.12. The lowest BCUT2D eigenvalue weighted by Crippen LogP contribution is -2.25. The molecule has 0 spiro atoms. The summed E-state index contributed by atoms with van der Waals surface area (Å²) >= 11 is 0. The summed E-state index contributed by atoms with van der Waals surface area (Å²) in [6, 6.07) is 16.2. The fraction of sp³-hybridized carbons (Fsp3) is 0.458. The van der Waals surface area contributed by atoms with E-state index in [1.54, 1.807) is 0 Å². The number of likely N-dealkylation sites (tertiary alicyclic amines) is 1. The zero-order valence-electron chi connectivity index (χ0n) is 17.1. The zero-order chi connectivity index (χ0) is 19.8. The third-order valence-electron chi connectivity index (χ3n) is 5.02. The molecule has 1 aliphatic rings. The quantitative estimate of drug-likeness (QED) is 0.654. The second-order valence-corrected chi connectivity index (χ2v) is 7.85. The van der Waals surface area contributed by atoms with Gasteiger partial charge in [0.05, 0.1) is 6.10 Å². The van der Waals surface area contributed by atoms with Crippen LogP contribution in [0.15, 0.2) is 48.5 Å². The van der Waals surface area contributed by atoms with E-state index in [4.69, 9.17) is 4.74 Å². The molecule has 1 N–H and O–H groups in total. The SMILES string of the molecule is CC(C)Oc1cccc(CCCNC(=O)c2ccc(CN3CCCC3)cc2)c1. The minimum Gasteiger partial charge on any atom is -0.491 e. The molecule has 1 heterocycles. The number of aryl methyl sites for hydroxylation is 1. The highest BCUT2D eigenvalue weighted by molar-refractivity contribution is 5.94. The molecule has 2 aromatic carbocycles. The number of amides is 1. The molecular formula is C24H32N2O2. The van der Waals surface area contributed by atoms with Gasteiger partial charge in [-0.15, -0.1) is 0 Å². The average Bonchev–Trinajstić information content (AvgIpc) is 3.18. The Morgan fingerprint density at radius 1 is 1.07 bits per heavy atom. The molecule has 0 bridgehead atoms. The number of rotatable bonds is 9. The van der Waals surface area contributed by atoms with Crippen LogP contribution in [0.1, 0.15) is 54.6 Å². The first kappa shape index (κ1) is 20.4. The molecule has 28 heavy (non-hydrogen) atoms. The molecule has 1 fully saturated rings. The van der Waals surface area contributed by atoms with E-state index in [2.05, 4.69) is 34.5 Å². The monoisotopic (exact) mass is 380 g/mol. The Balaban J connectivity index is 1.40. The number of nitrogens with one attached hydrogen (secondary N) is 1. The van der Waals surface area contributed by atoms with Crippen molar-refractivity contribution in [3.05, 3.63) is 65.2 Å². The van der Waals surface area contributed by atoms with Crippen LogP contribution >= 0.6 is 0 Å². The normalized spacial score (nSPS) is 14.4. The van der Waals surface area contributed by atoms with Gasteiger partial charge >= 0.3 is 0 Å². The van der Waals surface area contributed by atoms with Crippen molar-refractivity contribution in [2.45, 2.75) is 52.2 Å². The van der Waals surface area contributed by atoms with Gasteiger partial charge in [0.25, 0.3) is 5.91 Å². The van der Waals surface area contributed by atoms with Crippen LogP contribution in [0.25, 0.3) is 0 Å². The largest absolute Gasteiger partial charge is 0.491 e. The lowest BCUT2D eigenvalue weighted by Gasteiger charge is -2.14. The Kier molecular flexibility index (Phi) is 7.49. The molecule has 4 heteroatoms. The van der Waals surface area contributed by atoms with E-state index in [9.17, 15) is 4.79 Å². The average molecular weight is 381 g/mol. The van der Waals surface area contributed by atoms with E-state index in [0.29, 0.717) is 6.54 Å². The van der Waals surface area contributed by atoms with Crippen molar-refractivity contribution in [2.75, 3.05) is 19.6 Å². The third kappa shape index (κ3) is 6.38. The van der Waals surface area contributed by atoms with Gasteiger partial charge in [0.2, 0.25) is 0 Å². The van der Waals surface area contributed by atoms with E-state index in [-0.39, 0.29) is 12.0 Å². The summed E-state index contributed by atoms with van der Waals surface area (Å²) < 4.78 is 5.74. The van der Waals surface area contributed by atoms with Gasteiger partial charge < -0.3 is 10.1 Å². The van der Waals surface area contributed by atoms with Crippen molar-refractivity contribution in [1.82, 2.24) is 10.2 Å². The maximum Gasteiger partial charge on any atom is 0.251 e. The Labute approximate surface area is 168 Å². The number of benzene rings is 2. The molecule has 150 valence electrons. The second kappa shape index (κ2) is 10.3. The van der Waals surface area contributed by atoms with Crippen LogP contribution in [0.4, 0.5) is 0 Å². The van der Waals surface area contributed by atoms with Gasteiger partial charge in [0.1, 0.15) is 5.75 Å². The van der Waals surface area contributed by atoms with Gasteiger partial charge in [-0.05, 0) is 88.0 Å². The molecule has 4 nitrogen and oxygen atoms in total. The first-order chi connectivity index (χ1) is 13.6. The van der Waals surface area contributed by atoms with Gasteiger partial charge in [0.15, 0.2) is 0 Å². The van der Waals surface area contributed by atoms with E-state index >= 15 is 0 Å². The molecule has 1 amide bonds. The van der Waals surface area contributed by atoms with Crippen molar-refractivity contribution in [3.8, 4) is 5.75 Å². The topological polar surface area (TPSA) is 41.6 Å². The van der Waals surface area contributed by atoms with Crippen LogP contribution in [0.2, 0.25) is 0 Å². The number of hydrogen-bond donors (Lipinski definition) is 1. The van der Waals surface area contributed by atoms with E-state index < -0.39 is 0 Å². The Bertz CT molecular complexity index is 749. The van der Waals surface area contributed by atoms with Gasteiger partial charge in [0, 0.05) is 18.7 Å². The summed E-state index contributed by atoms with van der Waals surface area (Å²) in [7, 11) is 0. The summed E-state index contributed by atoms with van der Waals surface area (Å²) in [5, 5.41) is 3.03. The maximum absolute atomic E-state index is 12.3. The Hall–Kier alpha value is -2.33. The Morgan fingerprint density at radius 3 is 2.54 bits per heavy atom. The summed E-state index contributed by atoms with van der Waals surface area (Å²) in [6.45, 7) is 8.09. The van der Waals surface area contributed by atoms with Gasteiger partial charge in [-0.3, -0.25) is 9.69 Å². The Morgan fingerprint density at radius 2 is 1.82 bits per heavy atom. The van der Waals surface area contributed by atoms with Crippen LogP contribution in [0.3, 0.4) is 0 Å². The van der Waals surface area contributed by atoms with Crippen molar-refractivity contribution < 1.29 is 9.53 Å². The molecule has 0 unspecified atom stereocenters. The third-order valence-corrected chi connectivity index (χ3v) is 5.02. The van der Waals surface area contributed by atoms with Crippen molar-refractivity contribution in [2.24, 2.45) is 0 Å². The first-order valence-corrected chi connectivity index (χ1v) is 10.5. The molecule has 0 aliphatic carbocycles. The molecule has 1 aliphatic heterocycles. The lowest BCUT2D eigenvalue weighted by atomic mass is 10.1. The number of carbonyl (C=O) groups is 1. The number of ether oxygens (including phenoxy) is 1. The van der Waals surface area contributed by atoms with E-state index in [1.165, 1.54) is 37.1 Å². The second-order valence-electron chi connectivity index (χ2n) is 7.85. The fourth-order valence-corrected chi connectivity index (χ4v) is 3.60. The highest BCUT2D eigenvalue weighted by Crippen LogP contribution is 2.16. The summed E-state index contributed by atoms with van der Waals surface area (Å²) in [6.07, 6.45) is 4.61. The first-order valence-electron chi connectivity index (χ1n) is 10.5. The lowest BCUT2D eigenvalue weighted by molar-refractivity contribution is 0.0953. The van der Waals surface area contributed by atoms with Crippen LogP contribution < -0.4 is 10.1 Å². The minimum atomic E-state index is 0.00427. The van der Waals surface area contributed by atoms with Gasteiger partial charge in [-0.1, -0.05) is 24.3 Å². The molecule has 3 rings (SSSR count). The van der Waals surface area contributed by atoms with Crippen molar-refractivity contribution in [1.29, 1.82) is 0 Å². The smallest absolute Gasteiger partial charge is 0.251 e. The van der Waals surface area contributed by atoms with Crippen LogP contribution in [-0.4, -0.2) is 36.5 Å². The molecule has 1 saturated heterocycles. The molecule has 2 aromatic rings. The molecular weight excluding hydrogens is 348 g/mol. The molecule has 0 saturated carbocycles. The number of hydrogen-bond acceptors (Lipinski definition) is 3. The maximum atomic E-state index is 12.3. The minimum absolute atomic E-state index is 0.00427. The summed E-state index contributed by atoms with van der Waals surface area (Å²) in [4.78, 5) is 14.8. The van der Waals surface area contributed by atoms with E-state index in [1.807, 2.05) is 38.1 Å². The molecule has 0 aromatic heterocycles. The van der Waals surface area contributed by atoms with Gasteiger partial charge in [-0.25, -0.2) is 0 Å². The van der Waals surface area contributed by atoms with Gasteiger partial charge in [-0.2, -0.15) is 0 Å². The predicted molar refractivity (Wildman–Crippen MR) is 114 cm³/mol. The standard InChI is InChI=1S/C24H32N2O2/c1-19(2)28-23-9-5-7-20(17-23)8-6-14-25-24(27)22-12-10-21(11-13-22)18-26-15-3-4-16-26/h5,7,9-13,17,19H,3-4,6,8,14-16,18H2,1-2H3,(H,25,27). The highest BCUT2D eigenvalue weighted by atomic mass is 16.5. The number of carbonyl (C=O) groups excluding carboxylic acids is 1. The zero-order valence-corrected chi connectivity index (χ0v) is 17.1. The summed E-state index contributed by atoms with van der Waals surface area (Å²) in [5.41, 5.74) is 3.25. The fourth-order valence-electron chi connectivity index (χ4n) is 3.60.